The molecule has 0 aliphatic carbocycles. The fraction of sp³-hybridized carbons (Fsp3) is 0.333. The average molecular weight is 325 g/mol. The molecule has 0 saturated carbocycles. The third kappa shape index (κ3) is 3.57. The van der Waals surface area contributed by atoms with E-state index in [2.05, 4.69) is 16.9 Å². The average Bonchev–Trinajstić information content (AvgIpc) is 2.40. The number of aromatic nitrogens is 2. The fourth-order valence-electron chi connectivity index (χ4n) is 2.37. The summed E-state index contributed by atoms with van der Waals surface area (Å²) in [5.74, 6) is 0.914. The summed E-state index contributed by atoms with van der Waals surface area (Å²) in [6.07, 6.45) is 1.64. The van der Waals surface area contributed by atoms with Gasteiger partial charge in [0.2, 0.25) is 5.95 Å². The second kappa shape index (κ2) is 6.50. The predicted octanol–water partition coefficient (Wildman–Crippen LogP) is 3.99. The summed E-state index contributed by atoms with van der Waals surface area (Å²) in [7, 11) is 0. The Morgan fingerprint density at radius 3 is 2.57 bits per heavy atom. The van der Waals surface area contributed by atoms with Crippen LogP contribution in [0.2, 0.25) is 10.0 Å². The minimum atomic E-state index is 0.208. The lowest BCUT2D eigenvalue weighted by molar-refractivity contribution is 0.676. The van der Waals surface area contributed by atoms with Gasteiger partial charge in [0.15, 0.2) is 0 Å². The van der Waals surface area contributed by atoms with Gasteiger partial charge < -0.3 is 11.5 Å². The van der Waals surface area contributed by atoms with Gasteiger partial charge in [-0.1, -0.05) is 42.3 Å². The van der Waals surface area contributed by atoms with Gasteiger partial charge in [-0.2, -0.15) is 4.98 Å². The molecule has 6 heteroatoms. The van der Waals surface area contributed by atoms with E-state index in [1.54, 1.807) is 6.07 Å². The Balaban J connectivity index is 2.15. The van der Waals surface area contributed by atoms with Crippen molar-refractivity contribution < 1.29 is 0 Å². The Morgan fingerprint density at radius 1 is 1.19 bits per heavy atom. The molecule has 1 heterocycles. The van der Waals surface area contributed by atoms with Crippen molar-refractivity contribution in [2.45, 2.75) is 32.6 Å². The van der Waals surface area contributed by atoms with Crippen molar-refractivity contribution in [3.05, 3.63) is 45.1 Å². The third-order valence-corrected chi connectivity index (χ3v) is 4.44. The first-order chi connectivity index (χ1) is 9.90. The zero-order valence-electron chi connectivity index (χ0n) is 12.0. The number of nitrogen functional groups attached to an aromatic ring is 2. The maximum atomic E-state index is 6.26. The molecule has 1 atom stereocenters. The predicted molar refractivity (Wildman–Crippen MR) is 88.8 cm³/mol. The van der Waals surface area contributed by atoms with Gasteiger partial charge in [0.05, 0.1) is 10.0 Å². The molecule has 0 saturated heterocycles. The van der Waals surface area contributed by atoms with E-state index in [9.17, 15) is 0 Å². The van der Waals surface area contributed by atoms with Crippen molar-refractivity contribution in [1.82, 2.24) is 9.97 Å². The van der Waals surface area contributed by atoms with Crippen LogP contribution in [0.5, 0.6) is 0 Å². The highest BCUT2D eigenvalue weighted by Crippen LogP contribution is 2.33. The molecule has 2 rings (SSSR count). The molecule has 4 N–H and O–H groups in total. The van der Waals surface area contributed by atoms with Crippen LogP contribution in [0.3, 0.4) is 0 Å². The number of rotatable bonds is 4. The smallest absolute Gasteiger partial charge is 0.222 e. The summed E-state index contributed by atoms with van der Waals surface area (Å²) in [5.41, 5.74) is 14.3. The van der Waals surface area contributed by atoms with Crippen LogP contribution in [0, 0.1) is 6.92 Å². The third-order valence-electron chi connectivity index (χ3n) is 3.60. The Labute approximate surface area is 134 Å². The maximum absolute atomic E-state index is 6.26. The summed E-state index contributed by atoms with van der Waals surface area (Å²) in [5, 5.41) is 1.19. The van der Waals surface area contributed by atoms with Gasteiger partial charge in [0, 0.05) is 11.3 Å². The van der Waals surface area contributed by atoms with Crippen LogP contribution in [0.4, 0.5) is 11.8 Å². The molecular weight excluding hydrogens is 307 g/mol. The molecule has 0 fully saturated rings. The number of hydrogen-bond acceptors (Lipinski definition) is 4. The molecule has 1 unspecified atom stereocenters. The number of anilines is 2. The molecule has 0 radical (unpaired) electrons. The van der Waals surface area contributed by atoms with Crippen LogP contribution in [-0.2, 0) is 6.42 Å². The summed E-state index contributed by atoms with van der Waals surface area (Å²) in [6, 6.07) is 5.69. The van der Waals surface area contributed by atoms with Gasteiger partial charge in [-0.3, -0.25) is 0 Å². The van der Waals surface area contributed by atoms with Gasteiger partial charge in [0.25, 0.3) is 0 Å². The minimum absolute atomic E-state index is 0.208. The lowest BCUT2D eigenvalue weighted by atomic mass is 9.93. The largest absolute Gasteiger partial charge is 0.383 e. The summed E-state index contributed by atoms with van der Waals surface area (Å²) < 4.78 is 0. The van der Waals surface area contributed by atoms with Crippen LogP contribution in [-0.4, -0.2) is 9.97 Å². The van der Waals surface area contributed by atoms with E-state index in [0.29, 0.717) is 15.9 Å². The van der Waals surface area contributed by atoms with Crippen LogP contribution in [0.25, 0.3) is 0 Å². The van der Waals surface area contributed by atoms with E-state index in [4.69, 9.17) is 34.7 Å². The summed E-state index contributed by atoms with van der Waals surface area (Å²) in [4.78, 5) is 8.17. The Morgan fingerprint density at radius 2 is 1.90 bits per heavy atom. The van der Waals surface area contributed by atoms with E-state index in [1.165, 1.54) is 0 Å². The number of aryl methyl sites for hydroxylation is 1. The molecule has 1 aromatic carbocycles. The van der Waals surface area contributed by atoms with E-state index >= 15 is 0 Å². The molecule has 0 aliphatic heterocycles. The van der Waals surface area contributed by atoms with Gasteiger partial charge in [-0.15, -0.1) is 0 Å². The minimum Gasteiger partial charge on any atom is -0.383 e. The number of hydrogen-bond donors (Lipinski definition) is 2. The molecule has 0 bridgehead atoms. The molecule has 0 amide bonds. The van der Waals surface area contributed by atoms with Crippen molar-refractivity contribution in [2.24, 2.45) is 0 Å². The number of halogens is 2. The second-order valence-electron chi connectivity index (χ2n) is 5.11. The van der Waals surface area contributed by atoms with Crippen LogP contribution in [0.1, 0.15) is 36.1 Å². The zero-order valence-corrected chi connectivity index (χ0v) is 13.5. The molecule has 112 valence electrons. The Bertz CT molecular complexity index is 635. The number of nitrogens with two attached hydrogens (primary N) is 2. The van der Waals surface area contributed by atoms with Crippen molar-refractivity contribution >= 4 is 35.0 Å². The highest BCUT2D eigenvalue weighted by molar-refractivity contribution is 6.42. The fourth-order valence-corrected chi connectivity index (χ4v) is 2.86. The van der Waals surface area contributed by atoms with Gasteiger partial charge in [0.1, 0.15) is 5.82 Å². The molecule has 1 aromatic heterocycles. The van der Waals surface area contributed by atoms with E-state index in [0.717, 1.165) is 29.7 Å². The first-order valence-corrected chi connectivity index (χ1v) is 7.48. The van der Waals surface area contributed by atoms with Gasteiger partial charge >= 0.3 is 0 Å². The lowest BCUT2D eigenvalue weighted by Gasteiger charge is -2.15. The van der Waals surface area contributed by atoms with Crippen molar-refractivity contribution in [1.29, 1.82) is 0 Å². The van der Waals surface area contributed by atoms with E-state index in [-0.39, 0.29) is 11.9 Å². The molecule has 2 aromatic rings. The van der Waals surface area contributed by atoms with Crippen molar-refractivity contribution in [2.75, 3.05) is 11.5 Å². The number of benzene rings is 1. The molecule has 0 spiro atoms. The molecular formula is C15H18Cl2N4. The van der Waals surface area contributed by atoms with Crippen LogP contribution < -0.4 is 11.5 Å². The normalized spacial score (nSPS) is 12.4. The maximum Gasteiger partial charge on any atom is 0.222 e. The summed E-state index contributed by atoms with van der Waals surface area (Å²) >= 11 is 12.3. The first-order valence-electron chi connectivity index (χ1n) is 6.72. The highest BCUT2D eigenvalue weighted by atomic mass is 35.5. The highest BCUT2D eigenvalue weighted by Gasteiger charge is 2.14. The van der Waals surface area contributed by atoms with E-state index < -0.39 is 0 Å². The Kier molecular flexibility index (Phi) is 4.91. The quantitative estimate of drug-likeness (QED) is 0.891. The van der Waals surface area contributed by atoms with Crippen molar-refractivity contribution in [3.63, 3.8) is 0 Å². The first kappa shape index (κ1) is 15.9. The molecule has 0 aliphatic rings. The van der Waals surface area contributed by atoms with E-state index in [1.807, 2.05) is 19.1 Å². The topological polar surface area (TPSA) is 77.8 Å². The Hall–Kier alpha value is -1.52. The number of nitrogens with zero attached hydrogens (tertiary/aromatic N) is 2. The lowest BCUT2D eigenvalue weighted by Crippen LogP contribution is -2.08. The van der Waals surface area contributed by atoms with Crippen molar-refractivity contribution in [3.8, 4) is 0 Å². The monoisotopic (exact) mass is 324 g/mol. The summed E-state index contributed by atoms with van der Waals surface area (Å²) in [6.45, 7) is 4.00. The molecule has 4 nitrogen and oxygen atoms in total. The van der Waals surface area contributed by atoms with Gasteiger partial charge in [-0.25, -0.2) is 4.98 Å². The zero-order chi connectivity index (χ0) is 15.6. The standard InChI is InChI=1S/C15H18Cl2N4/c1-8(10-4-3-5-12(16)13(10)17)6-7-11-9(2)20-15(19)21-14(11)18/h3-5,8H,6-7H2,1-2H3,(H4,18,19,20,21). The van der Waals surface area contributed by atoms with Gasteiger partial charge in [-0.05, 0) is 37.3 Å². The molecule has 21 heavy (non-hydrogen) atoms. The SMILES string of the molecule is Cc1nc(N)nc(N)c1CCC(C)c1cccc(Cl)c1Cl. The van der Waals surface area contributed by atoms with Crippen LogP contribution in [0.15, 0.2) is 18.2 Å². The second-order valence-corrected chi connectivity index (χ2v) is 5.90. The van der Waals surface area contributed by atoms with Crippen LogP contribution >= 0.6 is 23.2 Å².